The lowest BCUT2D eigenvalue weighted by atomic mass is 9.75. The van der Waals surface area contributed by atoms with Crippen LogP contribution in [0.3, 0.4) is 0 Å². The van der Waals surface area contributed by atoms with Crippen molar-refractivity contribution in [1.82, 2.24) is 15.1 Å². The molecule has 0 radical (unpaired) electrons. The average molecular weight is 236 g/mol. The number of hydrogen-bond donors (Lipinski definition) is 2. The van der Waals surface area contributed by atoms with E-state index in [2.05, 4.69) is 29.6 Å². The minimum Gasteiger partial charge on any atom is -0.370 e. The third kappa shape index (κ3) is 3.00. The zero-order chi connectivity index (χ0) is 12.3. The Morgan fingerprint density at radius 3 is 3.00 bits per heavy atom. The number of nitrogens with zero attached hydrogens (tertiary/aromatic N) is 2. The van der Waals surface area contributed by atoms with Gasteiger partial charge in [0, 0.05) is 19.7 Å². The molecule has 0 bridgehead atoms. The molecule has 1 aliphatic rings. The molecule has 4 nitrogen and oxygen atoms in total. The summed E-state index contributed by atoms with van der Waals surface area (Å²) in [5.41, 5.74) is 0.317. The molecule has 1 unspecified atom stereocenters. The van der Waals surface area contributed by atoms with E-state index in [1.165, 1.54) is 19.4 Å². The molecular formula is C13H24N4. The standard InChI is InChI=1S/C13H24N4/c1-13(2,11-5-4-7-14-9-11)10-15-12-6-8-16-17(12)3/h6,8,11,14-15H,4-5,7,9-10H2,1-3H3. The van der Waals surface area contributed by atoms with E-state index in [4.69, 9.17) is 0 Å². The summed E-state index contributed by atoms with van der Waals surface area (Å²) in [6.07, 6.45) is 4.48. The Morgan fingerprint density at radius 2 is 2.41 bits per heavy atom. The van der Waals surface area contributed by atoms with Gasteiger partial charge < -0.3 is 10.6 Å². The molecule has 96 valence electrons. The van der Waals surface area contributed by atoms with E-state index >= 15 is 0 Å². The minimum atomic E-state index is 0.317. The molecule has 0 saturated carbocycles. The minimum absolute atomic E-state index is 0.317. The van der Waals surface area contributed by atoms with Gasteiger partial charge in [0.2, 0.25) is 0 Å². The Balaban J connectivity index is 1.90. The summed E-state index contributed by atoms with van der Waals surface area (Å²) in [5.74, 6) is 1.86. The quantitative estimate of drug-likeness (QED) is 0.838. The number of hydrogen-bond acceptors (Lipinski definition) is 3. The second-order valence-electron chi connectivity index (χ2n) is 5.73. The molecule has 1 saturated heterocycles. The molecule has 0 amide bonds. The van der Waals surface area contributed by atoms with Gasteiger partial charge in [-0.3, -0.25) is 4.68 Å². The highest BCUT2D eigenvalue weighted by molar-refractivity contribution is 5.33. The van der Waals surface area contributed by atoms with Gasteiger partial charge in [-0.2, -0.15) is 5.10 Å². The van der Waals surface area contributed by atoms with Crippen LogP contribution in [0.15, 0.2) is 12.3 Å². The fraction of sp³-hybridized carbons (Fsp3) is 0.769. The van der Waals surface area contributed by atoms with E-state index in [1.54, 1.807) is 0 Å². The van der Waals surface area contributed by atoms with Gasteiger partial charge in [-0.05, 0) is 37.3 Å². The monoisotopic (exact) mass is 236 g/mol. The maximum Gasteiger partial charge on any atom is 0.123 e. The second kappa shape index (κ2) is 5.08. The van der Waals surface area contributed by atoms with Gasteiger partial charge in [-0.15, -0.1) is 0 Å². The molecule has 1 atom stereocenters. The highest BCUT2D eigenvalue weighted by Gasteiger charge is 2.30. The summed E-state index contributed by atoms with van der Waals surface area (Å²) in [4.78, 5) is 0. The number of anilines is 1. The maximum absolute atomic E-state index is 4.17. The fourth-order valence-corrected chi connectivity index (χ4v) is 2.53. The Hall–Kier alpha value is -1.03. The Morgan fingerprint density at radius 1 is 1.59 bits per heavy atom. The summed E-state index contributed by atoms with van der Waals surface area (Å²) < 4.78 is 1.88. The van der Waals surface area contributed by atoms with E-state index in [0.717, 1.165) is 24.8 Å². The molecule has 4 heteroatoms. The van der Waals surface area contributed by atoms with Crippen molar-refractivity contribution >= 4 is 5.82 Å². The van der Waals surface area contributed by atoms with Crippen LogP contribution in [-0.4, -0.2) is 29.4 Å². The van der Waals surface area contributed by atoms with Crippen molar-refractivity contribution in [1.29, 1.82) is 0 Å². The number of aromatic nitrogens is 2. The van der Waals surface area contributed by atoms with Crippen LogP contribution in [0.5, 0.6) is 0 Å². The van der Waals surface area contributed by atoms with Crippen molar-refractivity contribution in [3.05, 3.63) is 12.3 Å². The van der Waals surface area contributed by atoms with Gasteiger partial charge in [0.05, 0.1) is 6.20 Å². The van der Waals surface area contributed by atoms with Crippen molar-refractivity contribution in [2.45, 2.75) is 26.7 Å². The molecule has 17 heavy (non-hydrogen) atoms. The molecule has 2 N–H and O–H groups in total. The van der Waals surface area contributed by atoms with Crippen molar-refractivity contribution in [3.8, 4) is 0 Å². The van der Waals surface area contributed by atoms with Gasteiger partial charge in [0.1, 0.15) is 5.82 Å². The lowest BCUT2D eigenvalue weighted by Crippen LogP contribution is -2.41. The van der Waals surface area contributed by atoms with Crippen LogP contribution in [0.25, 0.3) is 0 Å². The third-order valence-corrected chi connectivity index (χ3v) is 3.95. The molecule has 0 aromatic carbocycles. The topological polar surface area (TPSA) is 41.9 Å². The van der Waals surface area contributed by atoms with Crippen LogP contribution in [0, 0.1) is 11.3 Å². The Kier molecular flexibility index (Phi) is 3.72. The summed E-state index contributed by atoms with van der Waals surface area (Å²) in [7, 11) is 1.97. The number of aryl methyl sites for hydroxylation is 1. The van der Waals surface area contributed by atoms with E-state index < -0.39 is 0 Å². The first-order valence-corrected chi connectivity index (χ1v) is 6.52. The Bertz CT molecular complexity index is 350. The normalized spacial score (nSPS) is 21.5. The molecule has 1 aromatic rings. The third-order valence-electron chi connectivity index (χ3n) is 3.95. The lowest BCUT2D eigenvalue weighted by Gasteiger charge is -2.37. The van der Waals surface area contributed by atoms with Crippen LogP contribution in [-0.2, 0) is 7.05 Å². The summed E-state index contributed by atoms with van der Waals surface area (Å²) in [5, 5.41) is 11.2. The van der Waals surface area contributed by atoms with Gasteiger partial charge in [0.15, 0.2) is 0 Å². The molecule has 0 spiro atoms. The van der Waals surface area contributed by atoms with E-state index in [0.29, 0.717) is 5.41 Å². The highest BCUT2D eigenvalue weighted by atomic mass is 15.3. The van der Waals surface area contributed by atoms with Crippen molar-refractivity contribution in [2.75, 3.05) is 25.0 Å². The Labute approximate surface area is 104 Å². The SMILES string of the molecule is Cn1nccc1NCC(C)(C)C1CCCNC1. The smallest absolute Gasteiger partial charge is 0.123 e. The molecule has 1 aliphatic heterocycles. The van der Waals surface area contributed by atoms with Crippen LogP contribution in [0.1, 0.15) is 26.7 Å². The number of nitrogens with one attached hydrogen (secondary N) is 2. The number of rotatable bonds is 4. The molecule has 2 heterocycles. The van der Waals surface area contributed by atoms with E-state index in [1.807, 2.05) is 24.0 Å². The van der Waals surface area contributed by atoms with E-state index in [-0.39, 0.29) is 0 Å². The van der Waals surface area contributed by atoms with Crippen LogP contribution in [0.4, 0.5) is 5.82 Å². The molecule has 2 rings (SSSR count). The predicted molar refractivity (Wildman–Crippen MR) is 71.1 cm³/mol. The zero-order valence-electron chi connectivity index (χ0n) is 11.2. The highest BCUT2D eigenvalue weighted by Crippen LogP contribution is 2.31. The van der Waals surface area contributed by atoms with Crippen molar-refractivity contribution in [2.24, 2.45) is 18.4 Å². The van der Waals surface area contributed by atoms with Gasteiger partial charge in [-0.1, -0.05) is 13.8 Å². The molecule has 1 aromatic heterocycles. The number of piperidine rings is 1. The van der Waals surface area contributed by atoms with E-state index in [9.17, 15) is 0 Å². The van der Waals surface area contributed by atoms with Crippen LogP contribution in [0.2, 0.25) is 0 Å². The molecule has 0 aliphatic carbocycles. The maximum atomic E-state index is 4.17. The van der Waals surface area contributed by atoms with Gasteiger partial charge in [-0.25, -0.2) is 0 Å². The average Bonchev–Trinajstić information content (AvgIpc) is 2.74. The molecule has 1 fully saturated rings. The fourth-order valence-electron chi connectivity index (χ4n) is 2.53. The van der Waals surface area contributed by atoms with Crippen LogP contribution < -0.4 is 10.6 Å². The summed E-state index contributed by atoms with van der Waals surface area (Å²) >= 11 is 0. The summed E-state index contributed by atoms with van der Waals surface area (Å²) in [6.45, 7) is 8.04. The lowest BCUT2D eigenvalue weighted by molar-refractivity contribution is 0.185. The van der Waals surface area contributed by atoms with Crippen LogP contribution >= 0.6 is 0 Å². The molecular weight excluding hydrogens is 212 g/mol. The first kappa shape index (κ1) is 12.4. The predicted octanol–water partition coefficient (Wildman–Crippen LogP) is 1.86. The van der Waals surface area contributed by atoms with Gasteiger partial charge >= 0.3 is 0 Å². The second-order valence-corrected chi connectivity index (χ2v) is 5.73. The summed E-state index contributed by atoms with van der Waals surface area (Å²) in [6, 6.07) is 2.02. The first-order chi connectivity index (χ1) is 8.09. The van der Waals surface area contributed by atoms with Crippen molar-refractivity contribution in [3.63, 3.8) is 0 Å². The largest absolute Gasteiger partial charge is 0.370 e. The van der Waals surface area contributed by atoms with Gasteiger partial charge in [0.25, 0.3) is 0 Å². The zero-order valence-corrected chi connectivity index (χ0v) is 11.2. The first-order valence-electron chi connectivity index (χ1n) is 6.52. The van der Waals surface area contributed by atoms with Crippen molar-refractivity contribution < 1.29 is 0 Å².